The molecule has 0 aliphatic carbocycles. The Kier molecular flexibility index (Phi) is 93600. The molecule has 0 amide bonds. The Morgan fingerprint density at radius 3 is 0.333 bits per heavy atom. The van der Waals surface area contributed by atoms with Gasteiger partial charge < -0.3 is 0 Å². The van der Waals surface area contributed by atoms with Crippen molar-refractivity contribution in [3.63, 3.8) is 0 Å². The van der Waals surface area contributed by atoms with Gasteiger partial charge in [0.05, 0.1) is 0 Å². The van der Waals surface area contributed by atoms with E-state index in [1.165, 1.54) is 0 Å². The summed E-state index contributed by atoms with van der Waals surface area (Å²) < 4.78 is 0. The molecule has 0 aromatic carbocycles. The third kappa shape index (κ3) is 275. The van der Waals surface area contributed by atoms with E-state index in [2.05, 4.69) is 0 Å². The maximum Gasteiger partial charge on any atom is 0 e. The summed E-state index contributed by atoms with van der Waals surface area (Å²) in [7, 11) is 0. The van der Waals surface area contributed by atoms with Gasteiger partial charge in [-0.15, -0.1) is 0 Å². The van der Waals surface area contributed by atoms with Crippen LogP contribution in [-0.2, 0) is 19.8 Å². The quantitative estimate of drug-likeness (QED) is 0.455. The van der Waals surface area contributed by atoms with E-state index in [0.29, 0.717) is 0 Å². The molecule has 0 rings (SSSR count). The van der Waals surface area contributed by atoms with Crippen molar-refractivity contribution in [3.05, 3.63) is 0 Å². The van der Waals surface area contributed by atoms with Gasteiger partial charge >= 0.3 is 0 Å². The molecule has 0 heterocycles. The molecule has 0 aliphatic rings. The van der Waals surface area contributed by atoms with Crippen molar-refractivity contribution in [2.75, 3.05) is 0 Å². The zero-order chi connectivity index (χ0) is 0. The molecule has 0 bridgehead atoms. The molecule has 0 fully saturated rings. The van der Waals surface area contributed by atoms with Gasteiger partial charge in [-0.25, -0.2) is 0 Å². The third-order valence-electron chi connectivity index (χ3n) is 0. The average molecular weight is 260 g/mol. The molecule has 33 valence electrons. The fraction of sp³-hybridized carbons (Fsp3) is 0. The van der Waals surface area contributed by atoms with E-state index in [1.54, 1.807) is 0 Å². The van der Waals surface area contributed by atoms with Crippen LogP contribution in [0, 0.1) is 0 Å². The van der Waals surface area contributed by atoms with Crippen molar-refractivity contribution < 1.29 is 19.8 Å². The van der Waals surface area contributed by atoms with E-state index in [9.17, 15) is 0 Å². The van der Waals surface area contributed by atoms with Crippen LogP contribution in [0.15, 0.2) is 0 Å². The Hall–Kier alpha value is 0.436. The van der Waals surface area contributed by atoms with Crippen LogP contribution in [0.5, 0.6) is 0 Å². The zero-order valence-corrected chi connectivity index (χ0v) is 5.13. The molecule has 0 atom stereocenters. The van der Waals surface area contributed by atoms with Crippen molar-refractivity contribution >= 4 is 0 Å². The summed E-state index contributed by atoms with van der Waals surface area (Å²) in [6, 6.07) is 0. The topological polar surface area (TPSA) is 152 Å². The molecular weight excluding hydrogens is 260 g/mol. The summed E-state index contributed by atoms with van der Waals surface area (Å²) in [5, 5.41) is 0. The summed E-state index contributed by atoms with van der Waals surface area (Å²) in [5.74, 6) is 0. The van der Waals surface area contributed by atoms with E-state index in [1.807, 2.05) is 0 Å². The smallest absolute Gasteiger partial charge is 0 e. The van der Waals surface area contributed by atoms with Gasteiger partial charge in [-0.1, -0.05) is 0 Å². The van der Waals surface area contributed by atoms with E-state index in [-0.39, 0.29) is 50.5 Å². The van der Waals surface area contributed by atoms with E-state index >= 15 is 0 Å². The van der Waals surface area contributed by atoms with Gasteiger partial charge in [0.2, 0.25) is 0 Å². The Labute approximate surface area is 51.2 Å². The van der Waals surface area contributed by atoms with Gasteiger partial charge in [-0.2, -0.15) is 0 Å². The monoisotopic (exact) mass is 262 g/mol. The van der Waals surface area contributed by atoms with Crippen LogP contribution in [0.4, 0.5) is 0 Å². The van der Waals surface area contributed by atoms with Crippen LogP contribution in [0.1, 0.15) is 0 Å². The van der Waals surface area contributed by atoms with Crippen molar-refractivity contribution in [3.8, 4) is 0 Å². The second-order valence-electron chi connectivity index (χ2n) is 0. The molecule has 0 N–H and O–H groups in total. The molecule has 0 aromatic rings. The summed E-state index contributed by atoms with van der Waals surface area (Å²) in [4.78, 5) is 0. The first-order valence-corrected chi connectivity index (χ1v) is 0. The SMILES string of the molecule is [N].[N].[N].[N].[N].[Os]. The number of hydrogen-bond donors (Lipinski definition) is 0. The van der Waals surface area contributed by atoms with E-state index in [0.717, 1.165) is 0 Å². The molecule has 0 saturated heterocycles. The normalized spacial score (nSPS) is 0. The van der Waals surface area contributed by atoms with Crippen molar-refractivity contribution in [2.24, 2.45) is 0 Å². The molecule has 0 saturated carbocycles. The number of hydrogen-bond acceptors (Lipinski definition) is 0. The van der Waals surface area contributed by atoms with Gasteiger partial charge in [-0.05, 0) is 0 Å². The standard InChI is InChI=1S/5N.Os. The van der Waals surface area contributed by atoms with Crippen LogP contribution >= 0.6 is 0 Å². The van der Waals surface area contributed by atoms with Crippen molar-refractivity contribution in [1.29, 1.82) is 0 Å². The minimum absolute atomic E-state index is 0. The maximum atomic E-state index is 0. The first-order valence-electron chi connectivity index (χ1n) is 0. The molecule has 5 nitrogen and oxygen atoms in total. The summed E-state index contributed by atoms with van der Waals surface area (Å²) in [6.45, 7) is 0. The van der Waals surface area contributed by atoms with Crippen LogP contribution < -0.4 is 30.8 Å². The first kappa shape index (κ1) is 999. The van der Waals surface area contributed by atoms with Crippen molar-refractivity contribution in [1.82, 2.24) is 30.8 Å². The fourth-order valence-electron chi connectivity index (χ4n) is 0. The Balaban J connectivity index is 0. The van der Waals surface area contributed by atoms with Gasteiger partial charge in [0, 0.05) is 50.5 Å². The maximum absolute atomic E-state index is 0. The largest absolute Gasteiger partial charge is 0 e. The summed E-state index contributed by atoms with van der Waals surface area (Å²) >= 11 is 0. The third-order valence-corrected chi connectivity index (χ3v) is 0. The van der Waals surface area contributed by atoms with Crippen LogP contribution in [0.3, 0.4) is 0 Å². The van der Waals surface area contributed by atoms with E-state index < -0.39 is 0 Å². The molecule has 0 aromatic heterocycles. The predicted molar refractivity (Wildman–Crippen MR) is 10.7 cm³/mol. The molecule has 15 radical (unpaired) electrons. The number of rotatable bonds is 0. The number of nitrogens with zero attached hydrogens (tertiary/aromatic N) is 5. The van der Waals surface area contributed by atoms with Crippen LogP contribution in [-0.4, -0.2) is 0 Å². The Morgan fingerprint density at radius 1 is 0.333 bits per heavy atom. The van der Waals surface area contributed by atoms with Crippen molar-refractivity contribution in [2.45, 2.75) is 0 Å². The van der Waals surface area contributed by atoms with Gasteiger partial charge in [0.15, 0.2) is 0 Å². The zero-order valence-electron chi connectivity index (χ0n) is 2.59. The van der Waals surface area contributed by atoms with Crippen LogP contribution in [0.25, 0.3) is 0 Å². The molecule has 6 heteroatoms. The Morgan fingerprint density at radius 2 is 0.333 bits per heavy atom. The molecule has 0 unspecified atom stereocenters. The second-order valence-corrected chi connectivity index (χ2v) is 0. The first-order chi connectivity index (χ1) is 0. The Bertz CT molecular complexity index is 3.90. The van der Waals surface area contributed by atoms with Gasteiger partial charge in [0.25, 0.3) is 0 Å². The molecule has 0 aliphatic heterocycles. The minimum atomic E-state index is 0. The van der Waals surface area contributed by atoms with Gasteiger partial charge in [0.1, 0.15) is 0 Å². The summed E-state index contributed by atoms with van der Waals surface area (Å²) in [5.41, 5.74) is 0. The summed E-state index contributed by atoms with van der Waals surface area (Å²) in [6.07, 6.45) is 0. The molecular formula is N5Os. The second kappa shape index (κ2) is 562. The molecule has 0 spiro atoms. The minimum Gasteiger partial charge on any atom is 0 e. The predicted octanol–water partition coefficient (Wildman–Crippen LogP) is -2.41. The van der Waals surface area contributed by atoms with E-state index in [4.69, 9.17) is 0 Å². The fourth-order valence-corrected chi connectivity index (χ4v) is 0. The average Bonchev–Trinajstić information content (AvgIpc) is 0. The van der Waals surface area contributed by atoms with Crippen LogP contribution in [0.2, 0.25) is 0 Å². The molecule has 6 heavy (non-hydrogen) atoms. The van der Waals surface area contributed by atoms with Gasteiger partial charge in [-0.3, -0.25) is 0 Å².